The van der Waals surface area contributed by atoms with E-state index in [0.29, 0.717) is 10.8 Å². The summed E-state index contributed by atoms with van der Waals surface area (Å²) < 4.78 is 10.5. The van der Waals surface area contributed by atoms with Gasteiger partial charge in [-0.15, -0.1) is 0 Å². The van der Waals surface area contributed by atoms with Gasteiger partial charge < -0.3 is 19.9 Å². The van der Waals surface area contributed by atoms with Crippen molar-refractivity contribution < 1.29 is 24.2 Å². The van der Waals surface area contributed by atoms with Crippen LogP contribution < -0.4 is 10.1 Å². The highest BCUT2D eigenvalue weighted by molar-refractivity contribution is 6.30. The highest BCUT2D eigenvalue weighted by atomic mass is 35.5. The van der Waals surface area contributed by atoms with Crippen molar-refractivity contribution >= 4 is 23.5 Å². The van der Waals surface area contributed by atoms with Crippen molar-refractivity contribution in [2.24, 2.45) is 0 Å². The number of carboxylic acid groups (broad SMARTS) is 1. The smallest absolute Gasteiger partial charge is 0.305 e. The van der Waals surface area contributed by atoms with E-state index in [1.807, 2.05) is 0 Å². The third-order valence-corrected chi connectivity index (χ3v) is 3.14. The number of methoxy groups -OCH3 is 1. The molecule has 2 atom stereocenters. The SMILES string of the molecule is COCC(C)(CC(=O)O)NC(=O)C(C)Oc1cccc(Cl)c1. The average Bonchev–Trinajstić information content (AvgIpc) is 2.37. The molecule has 0 aliphatic rings. The lowest BCUT2D eigenvalue weighted by Crippen LogP contribution is -2.54. The molecule has 0 saturated carbocycles. The highest BCUT2D eigenvalue weighted by Crippen LogP contribution is 2.19. The summed E-state index contributed by atoms with van der Waals surface area (Å²) in [6, 6.07) is 6.68. The molecule has 0 radical (unpaired) electrons. The van der Waals surface area contributed by atoms with Crippen molar-refractivity contribution in [1.29, 1.82) is 0 Å². The summed E-state index contributed by atoms with van der Waals surface area (Å²) in [7, 11) is 1.44. The van der Waals surface area contributed by atoms with Crippen LogP contribution in [0.5, 0.6) is 5.75 Å². The van der Waals surface area contributed by atoms with E-state index in [1.165, 1.54) is 7.11 Å². The van der Waals surface area contributed by atoms with Crippen LogP contribution in [0.25, 0.3) is 0 Å². The molecule has 1 aromatic rings. The van der Waals surface area contributed by atoms with Crippen molar-refractivity contribution in [3.8, 4) is 5.75 Å². The van der Waals surface area contributed by atoms with Gasteiger partial charge in [0, 0.05) is 12.1 Å². The van der Waals surface area contributed by atoms with Crippen molar-refractivity contribution in [2.75, 3.05) is 13.7 Å². The second-order valence-electron chi connectivity index (χ2n) is 5.27. The first-order valence-corrected chi connectivity index (χ1v) is 7.08. The minimum atomic E-state index is -1.02. The number of aliphatic carboxylic acids is 1. The second kappa shape index (κ2) is 8.00. The Bertz CT molecular complexity index is 536. The second-order valence-corrected chi connectivity index (χ2v) is 5.71. The molecule has 1 amide bonds. The fourth-order valence-corrected chi connectivity index (χ4v) is 2.16. The van der Waals surface area contributed by atoms with Crippen LogP contribution in [-0.2, 0) is 14.3 Å². The zero-order valence-corrected chi connectivity index (χ0v) is 13.5. The molecule has 0 spiro atoms. The molecule has 122 valence electrons. The zero-order chi connectivity index (χ0) is 16.8. The van der Waals surface area contributed by atoms with Crippen LogP contribution in [0.3, 0.4) is 0 Å². The molecule has 0 aliphatic carbocycles. The fourth-order valence-electron chi connectivity index (χ4n) is 1.98. The molecule has 0 saturated heterocycles. The Morgan fingerprint density at radius 3 is 2.68 bits per heavy atom. The molecule has 2 unspecified atom stereocenters. The molecule has 0 heterocycles. The molecule has 2 N–H and O–H groups in total. The fraction of sp³-hybridized carbons (Fsp3) is 0.467. The minimum Gasteiger partial charge on any atom is -0.481 e. The molecule has 0 aromatic heterocycles. The van der Waals surface area contributed by atoms with Crippen LogP contribution in [0.1, 0.15) is 20.3 Å². The average molecular weight is 330 g/mol. The Morgan fingerprint density at radius 1 is 1.45 bits per heavy atom. The Kier molecular flexibility index (Phi) is 6.64. The Hall–Kier alpha value is -1.79. The largest absolute Gasteiger partial charge is 0.481 e. The van der Waals surface area contributed by atoms with Crippen molar-refractivity contribution in [2.45, 2.75) is 31.9 Å². The Morgan fingerprint density at radius 2 is 2.14 bits per heavy atom. The van der Waals surface area contributed by atoms with E-state index < -0.39 is 23.5 Å². The van der Waals surface area contributed by atoms with E-state index in [-0.39, 0.29) is 13.0 Å². The van der Waals surface area contributed by atoms with Gasteiger partial charge in [-0.05, 0) is 32.0 Å². The highest BCUT2D eigenvalue weighted by Gasteiger charge is 2.31. The predicted octanol–water partition coefficient (Wildman–Crippen LogP) is 2.10. The maximum absolute atomic E-state index is 12.2. The standard InChI is InChI=1S/C15H20ClNO5/c1-10(22-12-6-4-5-11(16)7-12)14(20)17-15(2,9-21-3)8-13(18)19/h4-7,10H,8-9H2,1-3H3,(H,17,20)(H,18,19). The summed E-state index contributed by atoms with van der Waals surface area (Å²) in [5.41, 5.74) is -1.01. The van der Waals surface area contributed by atoms with Gasteiger partial charge >= 0.3 is 5.97 Å². The summed E-state index contributed by atoms with van der Waals surface area (Å²) in [5, 5.41) is 12.1. The Balaban J connectivity index is 2.70. The number of halogens is 1. The third-order valence-electron chi connectivity index (χ3n) is 2.91. The van der Waals surface area contributed by atoms with Gasteiger partial charge in [0.1, 0.15) is 5.75 Å². The molecule has 7 heteroatoms. The quantitative estimate of drug-likeness (QED) is 0.763. The van der Waals surface area contributed by atoms with Gasteiger partial charge in [-0.1, -0.05) is 17.7 Å². The number of carboxylic acids is 1. The van der Waals surface area contributed by atoms with E-state index in [0.717, 1.165) is 0 Å². The van der Waals surface area contributed by atoms with Gasteiger partial charge in [-0.25, -0.2) is 0 Å². The number of carbonyl (C=O) groups is 2. The number of nitrogens with one attached hydrogen (secondary N) is 1. The van der Waals surface area contributed by atoms with Gasteiger partial charge in [-0.2, -0.15) is 0 Å². The summed E-state index contributed by atoms with van der Waals surface area (Å²) in [4.78, 5) is 23.1. The normalized spacial score (nSPS) is 14.7. The first-order valence-electron chi connectivity index (χ1n) is 6.71. The van der Waals surface area contributed by atoms with Gasteiger partial charge in [0.05, 0.1) is 18.6 Å². The van der Waals surface area contributed by atoms with Crippen LogP contribution in [0, 0.1) is 0 Å². The van der Waals surface area contributed by atoms with Crippen LogP contribution in [0.4, 0.5) is 0 Å². The summed E-state index contributed by atoms with van der Waals surface area (Å²) >= 11 is 5.85. The molecule has 0 aliphatic heterocycles. The number of hydrogen-bond donors (Lipinski definition) is 2. The van der Waals surface area contributed by atoms with Crippen LogP contribution in [0.2, 0.25) is 5.02 Å². The van der Waals surface area contributed by atoms with Gasteiger partial charge in [0.2, 0.25) is 0 Å². The van der Waals surface area contributed by atoms with Gasteiger partial charge in [0.25, 0.3) is 5.91 Å². The lowest BCUT2D eigenvalue weighted by Gasteiger charge is -2.29. The number of benzene rings is 1. The molecule has 22 heavy (non-hydrogen) atoms. The summed E-state index contributed by atoms with van der Waals surface area (Å²) in [6.45, 7) is 3.26. The molecular weight excluding hydrogens is 310 g/mol. The maximum atomic E-state index is 12.2. The number of ether oxygens (including phenoxy) is 2. The van der Waals surface area contributed by atoms with Crippen LogP contribution in [-0.4, -0.2) is 42.3 Å². The predicted molar refractivity (Wildman–Crippen MR) is 82.2 cm³/mol. The molecule has 1 rings (SSSR count). The zero-order valence-electron chi connectivity index (χ0n) is 12.8. The Labute approximate surface area is 134 Å². The number of carbonyl (C=O) groups excluding carboxylic acids is 1. The minimum absolute atomic E-state index is 0.0783. The van der Waals surface area contributed by atoms with E-state index >= 15 is 0 Å². The molecular formula is C15H20ClNO5. The summed E-state index contributed by atoms with van der Waals surface area (Å²) in [6.07, 6.45) is -1.06. The van der Waals surface area contributed by atoms with Crippen molar-refractivity contribution in [3.05, 3.63) is 29.3 Å². The number of hydrogen-bond acceptors (Lipinski definition) is 4. The molecule has 0 bridgehead atoms. The lowest BCUT2D eigenvalue weighted by atomic mass is 9.98. The van der Waals surface area contributed by atoms with Crippen molar-refractivity contribution in [3.63, 3.8) is 0 Å². The number of amides is 1. The molecule has 6 nitrogen and oxygen atoms in total. The van der Waals surface area contributed by atoms with E-state index in [2.05, 4.69) is 5.32 Å². The van der Waals surface area contributed by atoms with E-state index in [9.17, 15) is 9.59 Å². The lowest BCUT2D eigenvalue weighted by molar-refractivity contribution is -0.140. The van der Waals surface area contributed by atoms with Crippen molar-refractivity contribution in [1.82, 2.24) is 5.32 Å². The van der Waals surface area contributed by atoms with Crippen LogP contribution >= 0.6 is 11.6 Å². The summed E-state index contributed by atoms with van der Waals surface area (Å²) in [5.74, 6) is -0.995. The van der Waals surface area contributed by atoms with Gasteiger partial charge in [-0.3, -0.25) is 9.59 Å². The molecule has 1 aromatic carbocycles. The molecule has 0 fully saturated rings. The first kappa shape index (κ1) is 18.3. The topological polar surface area (TPSA) is 84.9 Å². The van der Waals surface area contributed by atoms with Gasteiger partial charge in [0.15, 0.2) is 6.10 Å². The van der Waals surface area contributed by atoms with Crippen LogP contribution in [0.15, 0.2) is 24.3 Å². The van der Waals surface area contributed by atoms with E-state index in [4.69, 9.17) is 26.2 Å². The van der Waals surface area contributed by atoms with E-state index in [1.54, 1.807) is 38.1 Å². The first-order chi connectivity index (χ1) is 10.3. The third kappa shape index (κ3) is 5.91. The maximum Gasteiger partial charge on any atom is 0.305 e. The monoisotopic (exact) mass is 329 g/mol. The number of rotatable bonds is 8.